The number of nitrogens with zero attached hydrogens (tertiary/aromatic N) is 3. The highest BCUT2D eigenvalue weighted by Gasteiger charge is 2.22. The normalized spacial score (nSPS) is 15.5. The second-order valence-electron chi connectivity index (χ2n) is 4.98. The number of likely N-dealkylation sites (tertiary alicyclic amines) is 1. The summed E-state index contributed by atoms with van der Waals surface area (Å²) in [5.41, 5.74) is 0. The number of rotatable bonds is 5. The van der Waals surface area contributed by atoms with E-state index < -0.39 is 10.0 Å². The Bertz CT molecular complexity index is 607. The molecule has 0 atom stereocenters. The number of thioether (sulfide) groups is 1. The zero-order valence-corrected chi connectivity index (χ0v) is 15.3. The molecule has 1 aromatic rings. The van der Waals surface area contributed by atoms with Gasteiger partial charge in [0, 0.05) is 32.4 Å². The molecule has 0 spiro atoms. The maximum atomic E-state index is 12.4. The Balaban J connectivity index is 2.08. The molecule has 22 heavy (non-hydrogen) atoms. The second-order valence-corrected chi connectivity index (χ2v) is 8.58. The van der Waals surface area contributed by atoms with Crippen LogP contribution in [-0.2, 0) is 10.0 Å². The van der Waals surface area contributed by atoms with Gasteiger partial charge in [0.05, 0.1) is 0 Å². The molecule has 1 aliphatic heterocycles. The van der Waals surface area contributed by atoms with Gasteiger partial charge in [-0.3, -0.25) is 0 Å². The Kier molecular flexibility index (Phi) is 6.19. The van der Waals surface area contributed by atoms with Gasteiger partial charge in [-0.25, -0.2) is 13.4 Å². The standard InChI is InChI=1S/C14H21N3O2S3/c1-3-17(4-2)22(18,19)12-7-8-13(15-11-12)21-14(20)16-9-5-6-10-16/h7-8,11H,3-6,9-10H2,1-2H3. The van der Waals surface area contributed by atoms with Crippen molar-refractivity contribution >= 4 is 38.3 Å². The molecule has 1 fully saturated rings. The summed E-state index contributed by atoms with van der Waals surface area (Å²) in [5, 5.41) is 0.732. The molecule has 0 N–H and O–H groups in total. The van der Waals surface area contributed by atoms with Gasteiger partial charge in [0.1, 0.15) is 14.2 Å². The highest BCUT2D eigenvalue weighted by molar-refractivity contribution is 8.22. The lowest BCUT2D eigenvalue weighted by atomic mass is 10.4. The van der Waals surface area contributed by atoms with E-state index in [4.69, 9.17) is 12.2 Å². The van der Waals surface area contributed by atoms with Crippen LogP contribution < -0.4 is 0 Å². The number of aromatic nitrogens is 1. The van der Waals surface area contributed by atoms with E-state index in [1.54, 1.807) is 12.1 Å². The van der Waals surface area contributed by atoms with Crippen LogP contribution in [0.4, 0.5) is 0 Å². The Labute approximate surface area is 142 Å². The molecular weight excluding hydrogens is 338 g/mol. The van der Waals surface area contributed by atoms with Gasteiger partial charge in [-0.05, 0) is 36.7 Å². The van der Waals surface area contributed by atoms with E-state index in [2.05, 4.69) is 9.88 Å². The molecule has 1 saturated heterocycles. The van der Waals surface area contributed by atoms with Crippen molar-refractivity contribution in [2.45, 2.75) is 36.6 Å². The number of hydrogen-bond acceptors (Lipinski definition) is 5. The van der Waals surface area contributed by atoms with Crippen molar-refractivity contribution in [1.82, 2.24) is 14.2 Å². The monoisotopic (exact) mass is 359 g/mol. The van der Waals surface area contributed by atoms with Gasteiger partial charge in [0.15, 0.2) is 0 Å². The summed E-state index contributed by atoms with van der Waals surface area (Å²) in [6.07, 6.45) is 3.77. The van der Waals surface area contributed by atoms with E-state index in [-0.39, 0.29) is 4.90 Å². The molecule has 0 amide bonds. The molecule has 122 valence electrons. The van der Waals surface area contributed by atoms with Crippen molar-refractivity contribution in [1.29, 1.82) is 0 Å². The third-order valence-corrected chi connectivity index (χ3v) is 7.03. The molecule has 1 aliphatic rings. The summed E-state index contributed by atoms with van der Waals surface area (Å²) in [7, 11) is -3.44. The fraction of sp³-hybridized carbons (Fsp3) is 0.571. The highest BCUT2D eigenvalue weighted by atomic mass is 32.2. The van der Waals surface area contributed by atoms with Gasteiger partial charge in [-0.15, -0.1) is 0 Å². The van der Waals surface area contributed by atoms with E-state index in [1.807, 2.05) is 13.8 Å². The minimum absolute atomic E-state index is 0.229. The van der Waals surface area contributed by atoms with Crippen molar-refractivity contribution in [3.05, 3.63) is 18.3 Å². The molecule has 0 bridgehead atoms. The Morgan fingerprint density at radius 3 is 2.45 bits per heavy atom. The zero-order chi connectivity index (χ0) is 16.2. The van der Waals surface area contributed by atoms with Crippen LogP contribution in [0.5, 0.6) is 0 Å². The van der Waals surface area contributed by atoms with E-state index in [1.165, 1.54) is 35.1 Å². The largest absolute Gasteiger partial charge is 0.357 e. The molecule has 0 saturated carbocycles. The van der Waals surface area contributed by atoms with E-state index in [0.717, 1.165) is 22.4 Å². The maximum Gasteiger partial charge on any atom is 0.244 e. The summed E-state index contributed by atoms with van der Waals surface area (Å²) in [5.74, 6) is 0. The highest BCUT2D eigenvalue weighted by Crippen LogP contribution is 2.24. The van der Waals surface area contributed by atoms with Crippen LogP contribution in [0, 0.1) is 0 Å². The van der Waals surface area contributed by atoms with Gasteiger partial charge >= 0.3 is 0 Å². The Hall–Kier alpha value is -0.700. The minimum Gasteiger partial charge on any atom is -0.357 e. The predicted molar refractivity (Wildman–Crippen MR) is 93.6 cm³/mol. The quantitative estimate of drug-likeness (QED) is 0.595. The molecule has 5 nitrogen and oxygen atoms in total. The maximum absolute atomic E-state index is 12.4. The van der Waals surface area contributed by atoms with E-state index in [9.17, 15) is 8.42 Å². The minimum atomic E-state index is -3.44. The van der Waals surface area contributed by atoms with Gasteiger partial charge in [-0.2, -0.15) is 4.31 Å². The topological polar surface area (TPSA) is 53.5 Å². The van der Waals surface area contributed by atoms with Gasteiger partial charge in [0.25, 0.3) is 0 Å². The summed E-state index contributed by atoms with van der Waals surface area (Å²) in [6.45, 7) is 6.56. The zero-order valence-electron chi connectivity index (χ0n) is 12.9. The van der Waals surface area contributed by atoms with Crippen LogP contribution in [0.3, 0.4) is 0 Å². The molecule has 0 aliphatic carbocycles. The predicted octanol–water partition coefficient (Wildman–Crippen LogP) is 2.58. The van der Waals surface area contributed by atoms with Crippen LogP contribution >= 0.6 is 24.0 Å². The smallest absolute Gasteiger partial charge is 0.244 e. The third-order valence-electron chi connectivity index (χ3n) is 3.61. The molecular formula is C14H21N3O2S3. The number of thiocarbonyl (C=S) groups is 1. The van der Waals surface area contributed by atoms with E-state index >= 15 is 0 Å². The van der Waals surface area contributed by atoms with Gasteiger partial charge in [-0.1, -0.05) is 26.1 Å². The van der Waals surface area contributed by atoms with Crippen molar-refractivity contribution in [2.75, 3.05) is 26.2 Å². The lowest BCUT2D eigenvalue weighted by Gasteiger charge is -2.19. The van der Waals surface area contributed by atoms with Crippen LogP contribution in [0.1, 0.15) is 26.7 Å². The molecule has 0 unspecified atom stereocenters. The van der Waals surface area contributed by atoms with E-state index in [0.29, 0.717) is 13.1 Å². The first-order valence-corrected chi connectivity index (χ1v) is 10.1. The first-order chi connectivity index (χ1) is 10.5. The van der Waals surface area contributed by atoms with Crippen LogP contribution in [0.25, 0.3) is 0 Å². The number of sulfonamides is 1. The molecule has 1 aromatic heterocycles. The summed E-state index contributed by atoms with van der Waals surface area (Å²) in [6, 6.07) is 3.33. The van der Waals surface area contributed by atoms with Crippen molar-refractivity contribution < 1.29 is 8.42 Å². The van der Waals surface area contributed by atoms with Crippen molar-refractivity contribution in [2.24, 2.45) is 0 Å². The summed E-state index contributed by atoms with van der Waals surface area (Å²) in [4.78, 5) is 6.65. The second kappa shape index (κ2) is 7.72. The number of hydrogen-bond donors (Lipinski definition) is 0. The SMILES string of the molecule is CCN(CC)S(=O)(=O)c1ccc(SC(=S)N2CCCC2)nc1. The fourth-order valence-corrected chi connectivity index (χ4v) is 4.92. The first-order valence-electron chi connectivity index (χ1n) is 7.42. The Morgan fingerprint density at radius 1 is 1.32 bits per heavy atom. The lowest BCUT2D eigenvalue weighted by Crippen LogP contribution is -2.30. The van der Waals surface area contributed by atoms with Crippen LogP contribution in [0.2, 0.25) is 0 Å². The average molecular weight is 360 g/mol. The van der Waals surface area contributed by atoms with Gasteiger partial charge in [0.2, 0.25) is 10.0 Å². The Morgan fingerprint density at radius 2 is 1.95 bits per heavy atom. The molecule has 2 heterocycles. The van der Waals surface area contributed by atoms with Gasteiger partial charge < -0.3 is 4.90 Å². The third kappa shape index (κ3) is 3.98. The van der Waals surface area contributed by atoms with Crippen molar-refractivity contribution in [3.8, 4) is 0 Å². The molecule has 8 heteroatoms. The lowest BCUT2D eigenvalue weighted by molar-refractivity contribution is 0.445. The van der Waals surface area contributed by atoms with Crippen LogP contribution in [0.15, 0.2) is 28.3 Å². The molecule has 0 radical (unpaired) electrons. The molecule has 2 rings (SSSR count). The van der Waals surface area contributed by atoms with Crippen molar-refractivity contribution in [3.63, 3.8) is 0 Å². The first kappa shape index (κ1) is 17.7. The summed E-state index contributed by atoms with van der Waals surface area (Å²) >= 11 is 6.82. The number of pyridine rings is 1. The fourth-order valence-electron chi connectivity index (χ4n) is 2.35. The average Bonchev–Trinajstić information content (AvgIpc) is 3.03. The van der Waals surface area contributed by atoms with Crippen LogP contribution in [-0.4, -0.2) is 53.1 Å². The summed E-state index contributed by atoms with van der Waals surface area (Å²) < 4.78 is 27.0. The molecule has 0 aromatic carbocycles.